The van der Waals surface area contributed by atoms with Crippen LogP contribution in [0.2, 0.25) is 0 Å². The summed E-state index contributed by atoms with van der Waals surface area (Å²) in [5.74, 6) is 2.32. The van der Waals surface area contributed by atoms with E-state index in [2.05, 4.69) is 53.4 Å². The second kappa shape index (κ2) is 13.5. The highest BCUT2D eigenvalue weighted by Crippen LogP contribution is 2.77. The number of aliphatic carboxylic acids is 1. The molecule has 5 nitrogen and oxygen atoms in total. The molecule has 0 saturated heterocycles. The van der Waals surface area contributed by atoms with Crippen molar-refractivity contribution in [2.24, 2.45) is 56.7 Å². The number of fused-ring (bicyclic) bond motifs is 7. The summed E-state index contributed by atoms with van der Waals surface area (Å²) in [6.07, 6.45) is 20.2. The van der Waals surface area contributed by atoms with Crippen molar-refractivity contribution in [3.8, 4) is 0 Å². The Morgan fingerprint density at radius 1 is 0.739 bits per heavy atom. The van der Waals surface area contributed by atoms with Crippen LogP contribution in [-0.2, 0) is 9.59 Å². The Labute approximate surface area is 281 Å². The van der Waals surface area contributed by atoms with Gasteiger partial charge in [-0.1, -0.05) is 85.3 Å². The molecular weight excluding hydrogens is 570 g/mol. The van der Waals surface area contributed by atoms with E-state index in [0.29, 0.717) is 41.9 Å². The minimum absolute atomic E-state index is 0.0221. The number of carboxylic acid groups (broad SMARTS) is 1. The summed E-state index contributed by atoms with van der Waals surface area (Å²) in [6.45, 7) is 20.1. The lowest BCUT2D eigenvalue weighted by molar-refractivity contribution is -0.246. The molecule has 0 aromatic heterocycles. The van der Waals surface area contributed by atoms with E-state index >= 15 is 0 Å². The number of rotatable bonds is 13. The van der Waals surface area contributed by atoms with Crippen LogP contribution in [-0.4, -0.2) is 34.7 Å². The van der Waals surface area contributed by atoms with Gasteiger partial charge < -0.3 is 15.5 Å². The van der Waals surface area contributed by atoms with E-state index in [-0.39, 0.29) is 33.2 Å². The fourth-order valence-electron chi connectivity index (χ4n) is 13.4. The van der Waals surface area contributed by atoms with E-state index in [4.69, 9.17) is 5.11 Å². The zero-order valence-electron chi connectivity index (χ0n) is 30.5. The number of unbranched alkanes of at least 4 members (excludes halogenated alkanes) is 7. The molecule has 0 bridgehead atoms. The van der Waals surface area contributed by atoms with Crippen LogP contribution in [0.3, 0.4) is 0 Å². The highest BCUT2D eigenvalue weighted by Gasteiger charge is 2.71. The van der Waals surface area contributed by atoms with Crippen molar-refractivity contribution in [2.75, 3.05) is 6.54 Å². The summed E-state index contributed by atoms with van der Waals surface area (Å²) in [6, 6.07) is 0. The van der Waals surface area contributed by atoms with Crippen LogP contribution in [0.5, 0.6) is 0 Å². The quantitative estimate of drug-likeness (QED) is 0.138. The molecule has 0 spiro atoms. The Balaban J connectivity index is 1.24. The van der Waals surface area contributed by atoms with Gasteiger partial charge in [-0.2, -0.15) is 0 Å². The topological polar surface area (TPSA) is 86.6 Å². The zero-order valence-corrected chi connectivity index (χ0v) is 30.5. The SMILES string of the molecule is C=C(C)[C@@H]1CC[C@]2(C(=O)NCCCCCCCCCCC(=O)O)CC[C@]3(C)[C@H](CCC4[C@@]5(C)CC[C@H](O)C(C)(C)[C@@H]5CC[C@]43C)[C@@H]12. The van der Waals surface area contributed by atoms with Crippen molar-refractivity contribution in [3.63, 3.8) is 0 Å². The van der Waals surface area contributed by atoms with Crippen molar-refractivity contribution in [1.82, 2.24) is 5.32 Å². The first-order valence-electron chi connectivity index (χ1n) is 19.5. The summed E-state index contributed by atoms with van der Waals surface area (Å²) in [4.78, 5) is 25.0. The van der Waals surface area contributed by atoms with Crippen molar-refractivity contribution in [1.29, 1.82) is 0 Å². The number of allylic oxidation sites excluding steroid dienone is 1. The molecule has 1 amide bonds. The molecular formula is C41H69NO4. The van der Waals surface area contributed by atoms with Crippen LogP contribution < -0.4 is 5.32 Å². The van der Waals surface area contributed by atoms with E-state index < -0.39 is 5.97 Å². The molecule has 0 heterocycles. The molecule has 10 atom stereocenters. The molecule has 3 N–H and O–H groups in total. The largest absolute Gasteiger partial charge is 0.481 e. The third-order valence-electron chi connectivity index (χ3n) is 16.1. The number of amides is 1. The Bertz CT molecular complexity index is 1130. The van der Waals surface area contributed by atoms with Gasteiger partial charge in [0.05, 0.1) is 11.5 Å². The number of aliphatic hydroxyl groups excluding tert-OH is 1. The smallest absolute Gasteiger partial charge is 0.303 e. The number of carbonyl (C=O) groups excluding carboxylic acids is 1. The summed E-state index contributed by atoms with van der Waals surface area (Å²) in [5, 5.41) is 23.3. The van der Waals surface area contributed by atoms with Gasteiger partial charge in [0.25, 0.3) is 0 Å². The van der Waals surface area contributed by atoms with Crippen molar-refractivity contribution < 1.29 is 19.8 Å². The van der Waals surface area contributed by atoms with Crippen LogP contribution in [0.15, 0.2) is 12.2 Å². The standard InChI is InChI=1S/C41H69NO4/c1-28(2)29-19-24-41(36(46)42-27-15-13-11-9-8-10-12-14-16-34(44)45)26-25-39(6)30(35(29)41)17-18-32-38(5)22-21-33(43)37(3,4)31(38)20-23-40(32,39)7/h29-33,35,43H,1,8-27H2,2-7H3,(H,42,46)(H,44,45)/t29-,30+,31-,32?,33-,35+,38-,39+,40+,41-/m0/s1. The normalized spacial score (nSPS) is 42.7. The van der Waals surface area contributed by atoms with Gasteiger partial charge in [-0.25, -0.2) is 0 Å². The number of carbonyl (C=O) groups is 2. The molecule has 5 saturated carbocycles. The molecule has 5 heteroatoms. The highest BCUT2D eigenvalue weighted by atomic mass is 16.4. The molecule has 0 aliphatic heterocycles. The summed E-state index contributed by atoms with van der Waals surface area (Å²) in [7, 11) is 0. The molecule has 1 unspecified atom stereocenters. The Hall–Kier alpha value is -1.36. The predicted octanol–water partition coefficient (Wildman–Crippen LogP) is 9.72. The van der Waals surface area contributed by atoms with Crippen LogP contribution in [0.1, 0.15) is 164 Å². The molecule has 5 fully saturated rings. The first kappa shape index (κ1) is 35.9. The third kappa shape index (κ3) is 5.93. The van der Waals surface area contributed by atoms with Crippen molar-refractivity contribution in [2.45, 2.75) is 170 Å². The number of nitrogens with one attached hydrogen (secondary N) is 1. The van der Waals surface area contributed by atoms with Gasteiger partial charge in [0, 0.05) is 13.0 Å². The molecule has 5 aliphatic carbocycles. The second-order valence-electron chi connectivity index (χ2n) is 18.4. The van der Waals surface area contributed by atoms with E-state index in [1.807, 2.05) is 0 Å². The van der Waals surface area contributed by atoms with Gasteiger partial charge in [0.1, 0.15) is 0 Å². The number of carboxylic acids is 1. The fraction of sp³-hybridized carbons (Fsp3) is 0.902. The monoisotopic (exact) mass is 640 g/mol. The average Bonchev–Trinajstić information content (AvgIpc) is 3.39. The van der Waals surface area contributed by atoms with Gasteiger partial charge in [-0.3, -0.25) is 9.59 Å². The minimum Gasteiger partial charge on any atom is -0.481 e. The van der Waals surface area contributed by atoms with Crippen LogP contribution in [0.4, 0.5) is 0 Å². The van der Waals surface area contributed by atoms with Crippen LogP contribution in [0, 0.1) is 56.7 Å². The molecule has 262 valence electrons. The van der Waals surface area contributed by atoms with Gasteiger partial charge in [0.15, 0.2) is 0 Å². The number of hydrogen-bond acceptors (Lipinski definition) is 3. The first-order valence-corrected chi connectivity index (χ1v) is 19.5. The fourth-order valence-corrected chi connectivity index (χ4v) is 13.4. The maximum atomic E-state index is 14.3. The van der Waals surface area contributed by atoms with E-state index in [0.717, 1.165) is 77.2 Å². The van der Waals surface area contributed by atoms with Gasteiger partial charge in [0.2, 0.25) is 5.91 Å². The molecule has 5 rings (SSSR count). The van der Waals surface area contributed by atoms with Crippen LogP contribution >= 0.6 is 0 Å². The van der Waals surface area contributed by atoms with Gasteiger partial charge >= 0.3 is 5.97 Å². The molecule has 46 heavy (non-hydrogen) atoms. The average molecular weight is 640 g/mol. The highest BCUT2D eigenvalue weighted by molar-refractivity contribution is 5.83. The lowest BCUT2D eigenvalue weighted by atomic mass is 9.32. The van der Waals surface area contributed by atoms with E-state index in [1.165, 1.54) is 50.5 Å². The third-order valence-corrected chi connectivity index (χ3v) is 16.1. The van der Waals surface area contributed by atoms with E-state index in [9.17, 15) is 14.7 Å². The molecule has 0 aromatic carbocycles. The lowest BCUT2D eigenvalue weighted by Gasteiger charge is -2.72. The van der Waals surface area contributed by atoms with E-state index in [1.54, 1.807) is 0 Å². The van der Waals surface area contributed by atoms with Gasteiger partial charge in [-0.05, 0) is 135 Å². The lowest BCUT2D eigenvalue weighted by Crippen LogP contribution is -2.67. The second-order valence-corrected chi connectivity index (χ2v) is 18.4. The number of hydrogen-bond donors (Lipinski definition) is 3. The first-order chi connectivity index (χ1) is 21.6. The number of aliphatic hydroxyl groups is 1. The van der Waals surface area contributed by atoms with Crippen molar-refractivity contribution >= 4 is 11.9 Å². The summed E-state index contributed by atoms with van der Waals surface area (Å²) < 4.78 is 0. The van der Waals surface area contributed by atoms with Gasteiger partial charge in [-0.15, -0.1) is 0 Å². The maximum Gasteiger partial charge on any atom is 0.303 e. The zero-order chi connectivity index (χ0) is 33.5. The summed E-state index contributed by atoms with van der Waals surface area (Å²) >= 11 is 0. The van der Waals surface area contributed by atoms with Crippen LogP contribution in [0.25, 0.3) is 0 Å². The molecule has 0 aromatic rings. The minimum atomic E-state index is -0.688. The maximum absolute atomic E-state index is 14.3. The Kier molecular flexibility index (Phi) is 10.6. The Morgan fingerprint density at radius 2 is 1.39 bits per heavy atom. The predicted molar refractivity (Wildman–Crippen MR) is 187 cm³/mol. The molecule has 0 radical (unpaired) electrons. The summed E-state index contributed by atoms with van der Waals surface area (Å²) in [5.41, 5.74) is 1.79. The Morgan fingerprint density at radius 3 is 2.04 bits per heavy atom. The molecule has 5 aliphatic rings. The van der Waals surface area contributed by atoms with Crippen molar-refractivity contribution in [3.05, 3.63) is 12.2 Å².